The molecule has 0 heterocycles. The Morgan fingerprint density at radius 1 is 1.00 bits per heavy atom. The maximum atomic E-state index is 14.1. The molecule has 0 aliphatic heterocycles. The molecule has 0 unspecified atom stereocenters. The highest BCUT2D eigenvalue weighted by atomic mass is 32.2. The fourth-order valence-electron chi connectivity index (χ4n) is 5.09. The minimum Gasteiger partial charge on any atom is -0.497 e. The van der Waals surface area contributed by atoms with E-state index in [-0.39, 0.29) is 29.1 Å². The number of carbonyl (C=O) groups excluding carboxylic acids is 2. The van der Waals surface area contributed by atoms with Crippen LogP contribution in [-0.2, 0) is 26.2 Å². The molecular weight excluding hydrogens is 545 g/mol. The number of halogens is 1. The summed E-state index contributed by atoms with van der Waals surface area (Å²) in [5.74, 6) is -0.844. The third kappa shape index (κ3) is 7.43. The second kappa shape index (κ2) is 13.6. The number of hydrogen-bond donors (Lipinski definition) is 1. The minimum absolute atomic E-state index is 0.00699. The molecule has 4 rings (SSSR count). The molecule has 2 amide bonds. The standard InChI is InChI=1S/C31H36FN3O5S/c1-3-29(31(37)33-25-10-7-8-11-25)34(21-23-16-18-24(32)19-17-23)30(36)22-35(26-12-9-13-27(20-26)40-2)41(38,39)28-14-5-4-6-15-28/h4-6,9,12-20,25,29H,3,7-8,10-11,21-22H2,1-2H3,(H,33,37)/t29-/m0/s1. The maximum absolute atomic E-state index is 14.1. The van der Waals surface area contributed by atoms with E-state index in [1.54, 1.807) is 54.6 Å². The van der Waals surface area contributed by atoms with Gasteiger partial charge in [-0.05, 0) is 61.2 Å². The molecule has 1 atom stereocenters. The summed E-state index contributed by atoms with van der Waals surface area (Å²) >= 11 is 0. The molecule has 0 aromatic heterocycles. The minimum atomic E-state index is -4.18. The first-order valence-electron chi connectivity index (χ1n) is 13.8. The quantitative estimate of drug-likeness (QED) is 0.329. The first kappa shape index (κ1) is 30.0. The van der Waals surface area contributed by atoms with E-state index in [4.69, 9.17) is 4.74 Å². The monoisotopic (exact) mass is 581 g/mol. The Kier molecular flexibility index (Phi) is 9.99. The Balaban J connectivity index is 1.71. The van der Waals surface area contributed by atoms with E-state index < -0.39 is 34.3 Å². The van der Waals surface area contributed by atoms with E-state index in [1.807, 2.05) is 6.92 Å². The summed E-state index contributed by atoms with van der Waals surface area (Å²) in [6.07, 6.45) is 4.15. The molecular formula is C31H36FN3O5S. The number of rotatable bonds is 12. The molecule has 41 heavy (non-hydrogen) atoms. The van der Waals surface area contributed by atoms with Crippen molar-refractivity contribution in [3.63, 3.8) is 0 Å². The molecule has 0 saturated heterocycles. The van der Waals surface area contributed by atoms with Gasteiger partial charge in [-0.25, -0.2) is 12.8 Å². The molecule has 0 bridgehead atoms. The van der Waals surface area contributed by atoms with E-state index in [0.29, 0.717) is 17.7 Å². The third-order valence-electron chi connectivity index (χ3n) is 7.31. The lowest BCUT2D eigenvalue weighted by Gasteiger charge is -2.33. The topological polar surface area (TPSA) is 96.0 Å². The summed E-state index contributed by atoms with van der Waals surface area (Å²) in [5.41, 5.74) is 0.859. The molecule has 3 aromatic rings. The Bertz CT molecular complexity index is 1430. The fourth-order valence-corrected chi connectivity index (χ4v) is 6.51. The lowest BCUT2D eigenvalue weighted by Crippen LogP contribution is -2.53. The van der Waals surface area contributed by atoms with Gasteiger partial charge in [-0.3, -0.25) is 13.9 Å². The van der Waals surface area contributed by atoms with Gasteiger partial charge >= 0.3 is 0 Å². The number of nitrogens with one attached hydrogen (secondary N) is 1. The average Bonchev–Trinajstić information content (AvgIpc) is 3.50. The van der Waals surface area contributed by atoms with Crippen LogP contribution >= 0.6 is 0 Å². The van der Waals surface area contributed by atoms with Crippen molar-refractivity contribution in [2.24, 2.45) is 0 Å². The Hall–Kier alpha value is -3.92. The zero-order chi connectivity index (χ0) is 29.4. The summed E-state index contributed by atoms with van der Waals surface area (Å²) in [6, 6.07) is 19.2. The number of anilines is 1. The Labute approximate surface area is 241 Å². The van der Waals surface area contributed by atoms with Gasteiger partial charge in [0.2, 0.25) is 11.8 Å². The molecule has 1 N–H and O–H groups in total. The molecule has 1 fully saturated rings. The maximum Gasteiger partial charge on any atom is 0.264 e. The van der Waals surface area contributed by atoms with Gasteiger partial charge in [0, 0.05) is 18.7 Å². The summed E-state index contributed by atoms with van der Waals surface area (Å²) in [5, 5.41) is 3.08. The number of nitrogens with zero attached hydrogens (tertiary/aromatic N) is 2. The van der Waals surface area contributed by atoms with E-state index in [2.05, 4.69) is 5.32 Å². The molecule has 218 valence electrons. The summed E-state index contributed by atoms with van der Waals surface area (Å²) in [6.45, 7) is 1.26. The molecule has 0 radical (unpaired) electrons. The number of benzene rings is 3. The average molecular weight is 582 g/mol. The smallest absolute Gasteiger partial charge is 0.264 e. The van der Waals surface area contributed by atoms with Crippen molar-refractivity contribution < 1.29 is 27.1 Å². The van der Waals surface area contributed by atoms with Gasteiger partial charge in [-0.1, -0.05) is 56.2 Å². The van der Waals surface area contributed by atoms with Gasteiger partial charge in [0.25, 0.3) is 10.0 Å². The zero-order valence-corrected chi connectivity index (χ0v) is 24.1. The highest BCUT2D eigenvalue weighted by Crippen LogP contribution is 2.28. The van der Waals surface area contributed by atoms with Crippen LogP contribution in [-0.4, -0.2) is 50.9 Å². The number of hydrogen-bond acceptors (Lipinski definition) is 5. The summed E-state index contributed by atoms with van der Waals surface area (Å²) in [4.78, 5) is 29.0. The molecule has 1 aliphatic rings. The van der Waals surface area contributed by atoms with Crippen molar-refractivity contribution in [2.75, 3.05) is 18.0 Å². The van der Waals surface area contributed by atoms with Crippen LogP contribution in [0.1, 0.15) is 44.6 Å². The van der Waals surface area contributed by atoms with Crippen molar-refractivity contribution in [2.45, 2.75) is 62.6 Å². The molecule has 1 aliphatic carbocycles. The van der Waals surface area contributed by atoms with Crippen LogP contribution in [0, 0.1) is 5.82 Å². The van der Waals surface area contributed by atoms with Gasteiger partial charge in [-0.15, -0.1) is 0 Å². The van der Waals surface area contributed by atoms with E-state index >= 15 is 0 Å². The van der Waals surface area contributed by atoms with Crippen LogP contribution in [0.4, 0.5) is 10.1 Å². The van der Waals surface area contributed by atoms with Gasteiger partial charge in [0.1, 0.15) is 24.2 Å². The number of sulfonamides is 1. The third-order valence-corrected chi connectivity index (χ3v) is 9.09. The lowest BCUT2D eigenvalue weighted by atomic mass is 10.1. The van der Waals surface area contributed by atoms with Crippen LogP contribution in [0.5, 0.6) is 5.75 Å². The first-order chi connectivity index (χ1) is 19.7. The molecule has 0 spiro atoms. The SMILES string of the molecule is CC[C@@H](C(=O)NC1CCCC1)N(Cc1ccc(F)cc1)C(=O)CN(c1cccc(OC)c1)S(=O)(=O)c1ccccc1. The normalized spacial score (nSPS) is 14.3. The van der Waals surface area contributed by atoms with E-state index in [1.165, 1.54) is 36.3 Å². The van der Waals surface area contributed by atoms with Crippen LogP contribution in [0.2, 0.25) is 0 Å². The van der Waals surface area contributed by atoms with Crippen LogP contribution in [0.25, 0.3) is 0 Å². The largest absolute Gasteiger partial charge is 0.497 e. The molecule has 10 heteroatoms. The Morgan fingerprint density at radius 3 is 2.32 bits per heavy atom. The second-order valence-corrected chi connectivity index (χ2v) is 12.0. The van der Waals surface area contributed by atoms with Crippen molar-refractivity contribution in [3.05, 3.63) is 90.2 Å². The van der Waals surface area contributed by atoms with Crippen molar-refractivity contribution in [1.29, 1.82) is 0 Å². The zero-order valence-electron chi connectivity index (χ0n) is 23.3. The van der Waals surface area contributed by atoms with Gasteiger partial charge in [0.15, 0.2) is 0 Å². The van der Waals surface area contributed by atoms with Crippen LogP contribution in [0.15, 0.2) is 83.8 Å². The van der Waals surface area contributed by atoms with Crippen molar-refractivity contribution in [1.82, 2.24) is 10.2 Å². The van der Waals surface area contributed by atoms with Crippen LogP contribution < -0.4 is 14.4 Å². The van der Waals surface area contributed by atoms with Crippen molar-refractivity contribution >= 4 is 27.5 Å². The molecule has 1 saturated carbocycles. The number of ether oxygens (including phenoxy) is 1. The predicted octanol–water partition coefficient (Wildman–Crippen LogP) is 4.90. The number of methoxy groups -OCH3 is 1. The lowest BCUT2D eigenvalue weighted by molar-refractivity contribution is -0.140. The molecule has 8 nitrogen and oxygen atoms in total. The second-order valence-electron chi connectivity index (χ2n) is 10.1. The van der Waals surface area contributed by atoms with Crippen molar-refractivity contribution in [3.8, 4) is 5.75 Å². The van der Waals surface area contributed by atoms with Gasteiger partial charge in [-0.2, -0.15) is 0 Å². The number of amides is 2. The van der Waals surface area contributed by atoms with Gasteiger partial charge in [0.05, 0.1) is 17.7 Å². The first-order valence-corrected chi connectivity index (χ1v) is 15.2. The summed E-state index contributed by atoms with van der Waals surface area (Å²) < 4.78 is 47.8. The fraction of sp³-hybridized carbons (Fsp3) is 0.355. The predicted molar refractivity (Wildman–Crippen MR) is 155 cm³/mol. The van der Waals surface area contributed by atoms with E-state index in [9.17, 15) is 22.4 Å². The van der Waals surface area contributed by atoms with E-state index in [0.717, 1.165) is 30.0 Å². The highest BCUT2D eigenvalue weighted by molar-refractivity contribution is 7.92. The highest BCUT2D eigenvalue weighted by Gasteiger charge is 2.34. The Morgan fingerprint density at radius 2 is 1.68 bits per heavy atom. The van der Waals surface area contributed by atoms with Crippen LogP contribution in [0.3, 0.4) is 0 Å². The number of carbonyl (C=O) groups is 2. The van der Waals surface area contributed by atoms with Gasteiger partial charge < -0.3 is 15.0 Å². The summed E-state index contributed by atoms with van der Waals surface area (Å²) in [7, 11) is -2.71. The molecule has 3 aromatic carbocycles.